The van der Waals surface area contributed by atoms with Crippen molar-refractivity contribution in [1.82, 2.24) is 5.32 Å². The van der Waals surface area contributed by atoms with Gasteiger partial charge < -0.3 is 20.4 Å². The lowest BCUT2D eigenvalue weighted by atomic mass is 9.97. The van der Waals surface area contributed by atoms with E-state index < -0.39 is 10.7 Å². The molecule has 1 saturated heterocycles. The number of hydrogen-bond donors (Lipinski definition) is 1. The molecule has 1 aliphatic carbocycles. The Labute approximate surface area is 194 Å². The van der Waals surface area contributed by atoms with Crippen LogP contribution in [0.1, 0.15) is 48.5 Å². The Hall–Kier alpha value is -3.22. The molecule has 33 heavy (non-hydrogen) atoms. The molecule has 1 aliphatic heterocycles. The van der Waals surface area contributed by atoms with Crippen LogP contribution in [0.4, 0.5) is 0 Å². The number of hydroxylamine groups is 3. The van der Waals surface area contributed by atoms with Gasteiger partial charge in [-0.3, -0.25) is 4.79 Å². The highest BCUT2D eigenvalue weighted by Gasteiger charge is 2.55. The molecular weight excluding hydrogens is 414 g/mol. The molecule has 1 aromatic heterocycles. The lowest BCUT2D eigenvalue weighted by Crippen LogP contribution is -2.58. The zero-order chi connectivity index (χ0) is 22.8. The van der Waals surface area contributed by atoms with Crippen LogP contribution >= 0.6 is 0 Å². The largest absolute Gasteiger partial charge is 0.632 e. The van der Waals surface area contributed by atoms with Crippen molar-refractivity contribution < 1.29 is 14.2 Å². The molecule has 1 amide bonds. The monoisotopic (exact) mass is 443 g/mol. The number of fused-ring (bicyclic) bond motifs is 1. The maximum Gasteiger partial charge on any atom is 0.279 e. The Kier molecular flexibility index (Phi) is 5.87. The van der Waals surface area contributed by atoms with Gasteiger partial charge >= 0.3 is 0 Å². The molecule has 0 bridgehead atoms. The second kappa shape index (κ2) is 8.96. The first-order chi connectivity index (χ1) is 16.1. The normalized spacial score (nSPS) is 26.3. The molecule has 170 valence electrons. The summed E-state index contributed by atoms with van der Waals surface area (Å²) in [6.45, 7) is 0.0188. The summed E-state index contributed by atoms with van der Waals surface area (Å²) in [5.74, 6) is -0.000508. The minimum Gasteiger partial charge on any atom is -0.632 e. The minimum atomic E-state index is -0.726. The number of likely N-dealkylation sites (tertiary alicyclic amines) is 1. The van der Waals surface area contributed by atoms with E-state index in [2.05, 4.69) is 5.32 Å². The quantitative estimate of drug-likeness (QED) is 0.356. The van der Waals surface area contributed by atoms with Crippen LogP contribution in [-0.2, 0) is 11.3 Å². The van der Waals surface area contributed by atoms with Gasteiger partial charge in [-0.15, -0.1) is 0 Å². The van der Waals surface area contributed by atoms with Crippen molar-refractivity contribution in [2.45, 2.75) is 50.4 Å². The Morgan fingerprint density at radius 1 is 0.970 bits per heavy atom. The Bertz CT molecular complexity index is 1070. The SMILES string of the molecule is O=C(NC(c1ccccc1)c1ccccc1)[C@@H]1C[C@@H]2CCC[C@@H]2[N@@+]1([O-])Cc1cccc[n+]1[O-]. The molecule has 6 heteroatoms. The zero-order valence-corrected chi connectivity index (χ0v) is 18.5. The first kappa shape index (κ1) is 21.6. The maximum atomic E-state index is 14.4. The number of carbonyl (C=O) groups excluding carboxylic acids is 1. The van der Waals surface area contributed by atoms with E-state index in [9.17, 15) is 15.2 Å². The number of amides is 1. The predicted molar refractivity (Wildman–Crippen MR) is 125 cm³/mol. The van der Waals surface area contributed by atoms with Crippen molar-refractivity contribution in [3.05, 3.63) is 112 Å². The van der Waals surface area contributed by atoms with E-state index in [0.29, 0.717) is 12.1 Å². The summed E-state index contributed by atoms with van der Waals surface area (Å²) >= 11 is 0. The van der Waals surface area contributed by atoms with Crippen LogP contribution in [0.25, 0.3) is 0 Å². The standard InChI is InChI=1S/C27H29N3O3/c31-27(28-26(20-10-3-1-4-11-20)21-12-5-2-6-13-21)25-18-22-14-9-16-24(22)30(25,33)19-23-15-7-8-17-29(23)32/h1-8,10-13,15,17,22,24-26H,9,14,16,18-19H2,(H,28,31)/t22-,24-,25-,30-/m0/s1. The Balaban J connectivity index is 1.46. The number of quaternary nitrogens is 1. The maximum absolute atomic E-state index is 14.4. The van der Waals surface area contributed by atoms with E-state index in [1.54, 1.807) is 18.2 Å². The highest BCUT2D eigenvalue weighted by Crippen LogP contribution is 2.47. The highest BCUT2D eigenvalue weighted by atomic mass is 16.6. The van der Waals surface area contributed by atoms with Gasteiger partial charge in [0.05, 0.1) is 12.1 Å². The minimum absolute atomic E-state index is 0.0188. The van der Waals surface area contributed by atoms with Crippen molar-refractivity contribution >= 4 is 5.91 Å². The van der Waals surface area contributed by atoms with Crippen molar-refractivity contribution in [2.75, 3.05) is 0 Å². The average Bonchev–Trinajstić information content (AvgIpc) is 3.42. The summed E-state index contributed by atoms with van der Waals surface area (Å²) in [7, 11) is 0. The van der Waals surface area contributed by atoms with E-state index in [0.717, 1.165) is 35.1 Å². The molecule has 5 rings (SSSR count). The second-order valence-electron chi connectivity index (χ2n) is 9.30. The van der Waals surface area contributed by atoms with Crippen LogP contribution in [0, 0.1) is 16.3 Å². The van der Waals surface area contributed by atoms with Gasteiger partial charge in [0.1, 0.15) is 0 Å². The third-order valence-electron chi connectivity index (χ3n) is 7.40. The van der Waals surface area contributed by atoms with Gasteiger partial charge in [-0.2, -0.15) is 4.73 Å². The third kappa shape index (κ3) is 4.12. The number of nitrogens with zero attached hydrogens (tertiary/aromatic N) is 2. The molecule has 0 radical (unpaired) electrons. The summed E-state index contributed by atoms with van der Waals surface area (Å²) in [5, 5.41) is 29.9. The van der Waals surface area contributed by atoms with Gasteiger partial charge in [-0.25, -0.2) is 0 Å². The molecule has 4 atom stereocenters. The van der Waals surface area contributed by atoms with Gasteiger partial charge in [0.25, 0.3) is 5.91 Å². The summed E-state index contributed by atoms with van der Waals surface area (Å²) in [4.78, 5) is 13.7. The highest BCUT2D eigenvalue weighted by molar-refractivity contribution is 5.82. The van der Waals surface area contributed by atoms with Crippen LogP contribution in [0.3, 0.4) is 0 Å². The number of aromatic nitrogens is 1. The van der Waals surface area contributed by atoms with Gasteiger partial charge in [0, 0.05) is 30.9 Å². The van der Waals surface area contributed by atoms with E-state index in [1.807, 2.05) is 60.7 Å². The lowest BCUT2D eigenvalue weighted by molar-refractivity contribution is -0.927. The third-order valence-corrected chi connectivity index (χ3v) is 7.40. The number of carbonyl (C=O) groups is 1. The van der Waals surface area contributed by atoms with Gasteiger partial charge in [0.2, 0.25) is 5.69 Å². The molecule has 2 aliphatic rings. The molecule has 6 nitrogen and oxygen atoms in total. The van der Waals surface area contributed by atoms with Crippen LogP contribution in [-0.4, -0.2) is 22.6 Å². The zero-order valence-electron chi connectivity index (χ0n) is 18.5. The average molecular weight is 444 g/mol. The fourth-order valence-electron chi connectivity index (χ4n) is 5.82. The molecule has 0 unspecified atom stereocenters. The van der Waals surface area contributed by atoms with Crippen molar-refractivity contribution in [3.63, 3.8) is 0 Å². The van der Waals surface area contributed by atoms with Crippen LogP contribution in [0.5, 0.6) is 0 Å². The van der Waals surface area contributed by atoms with Gasteiger partial charge in [-0.05, 0) is 30.0 Å². The molecule has 1 N–H and O–H groups in total. The van der Waals surface area contributed by atoms with Crippen LogP contribution < -0.4 is 10.0 Å². The fraction of sp³-hybridized carbons (Fsp3) is 0.333. The fourth-order valence-corrected chi connectivity index (χ4v) is 5.82. The summed E-state index contributed by atoms with van der Waals surface area (Å²) in [6.07, 6.45) is 4.78. The van der Waals surface area contributed by atoms with Crippen LogP contribution in [0.15, 0.2) is 85.1 Å². The summed E-state index contributed by atoms with van der Waals surface area (Å²) in [6, 6.07) is 23.6. The molecule has 2 heterocycles. The lowest BCUT2D eigenvalue weighted by Gasteiger charge is -2.47. The Morgan fingerprint density at radius 3 is 2.24 bits per heavy atom. The molecule has 3 aromatic rings. The van der Waals surface area contributed by atoms with E-state index in [-0.39, 0.29) is 30.5 Å². The summed E-state index contributed by atoms with van der Waals surface area (Å²) in [5.41, 5.74) is 2.36. The van der Waals surface area contributed by atoms with E-state index in [1.165, 1.54) is 6.20 Å². The predicted octanol–water partition coefficient (Wildman–Crippen LogP) is 3.98. The Morgan fingerprint density at radius 2 is 1.61 bits per heavy atom. The number of benzene rings is 2. The second-order valence-corrected chi connectivity index (χ2v) is 9.30. The molecule has 1 saturated carbocycles. The van der Waals surface area contributed by atoms with E-state index in [4.69, 9.17) is 0 Å². The van der Waals surface area contributed by atoms with Crippen LogP contribution in [0.2, 0.25) is 0 Å². The van der Waals surface area contributed by atoms with Gasteiger partial charge in [0.15, 0.2) is 18.8 Å². The molecule has 0 spiro atoms. The smallest absolute Gasteiger partial charge is 0.279 e. The first-order valence-corrected chi connectivity index (χ1v) is 11.7. The molecule has 2 aromatic carbocycles. The number of pyridine rings is 1. The number of nitrogens with one attached hydrogen (secondary N) is 1. The van der Waals surface area contributed by atoms with Crippen molar-refractivity contribution in [3.8, 4) is 0 Å². The first-order valence-electron chi connectivity index (χ1n) is 11.7. The number of hydrogen-bond acceptors (Lipinski definition) is 3. The topological polar surface area (TPSA) is 79.1 Å². The number of rotatable bonds is 6. The van der Waals surface area contributed by atoms with Crippen molar-refractivity contribution in [2.24, 2.45) is 5.92 Å². The summed E-state index contributed by atoms with van der Waals surface area (Å²) < 4.78 is 0.116. The van der Waals surface area contributed by atoms with Gasteiger partial charge in [-0.1, -0.05) is 60.7 Å². The molecular formula is C27H29N3O3. The van der Waals surface area contributed by atoms with Crippen molar-refractivity contribution in [1.29, 1.82) is 0 Å². The van der Waals surface area contributed by atoms with E-state index >= 15 is 0 Å². The molecule has 2 fully saturated rings.